The zero-order valence-corrected chi connectivity index (χ0v) is 19.3. The summed E-state index contributed by atoms with van der Waals surface area (Å²) in [7, 11) is 1.59. The zero-order chi connectivity index (χ0) is 24.0. The predicted molar refractivity (Wildman–Crippen MR) is 127 cm³/mol. The lowest BCUT2D eigenvalue weighted by atomic mass is 10.1. The normalized spacial score (nSPS) is 12.3. The van der Waals surface area contributed by atoms with Crippen LogP contribution in [0.4, 0.5) is 4.39 Å². The summed E-state index contributed by atoms with van der Waals surface area (Å²) in [4.78, 5) is 25.1. The Hall–Kier alpha value is -3.98. The van der Waals surface area contributed by atoms with Crippen molar-refractivity contribution in [2.24, 2.45) is 0 Å². The van der Waals surface area contributed by atoms with Crippen LogP contribution in [-0.2, 0) is 0 Å². The number of aryl methyl sites for hydroxylation is 1. The predicted octanol–water partition coefficient (Wildman–Crippen LogP) is 4.69. The maximum Gasteiger partial charge on any atom is 0.295 e. The molecule has 34 heavy (non-hydrogen) atoms. The fourth-order valence-electron chi connectivity index (χ4n) is 3.89. The third-order valence-corrected chi connectivity index (χ3v) is 5.85. The van der Waals surface area contributed by atoms with Crippen molar-refractivity contribution in [3.05, 3.63) is 87.6 Å². The van der Waals surface area contributed by atoms with E-state index in [1.54, 1.807) is 26.4 Å². The first kappa shape index (κ1) is 21.8. The Morgan fingerprint density at radius 3 is 2.74 bits per heavy atom. The molecule has 1 N–H and O–H groups in total. The molecule has 1 atom stereocenters. The van der Waals surface area contributed by atoms with Gasteiger partial charge in [-0.15, -0.1) is 0 Å². The van der Waals surface area contributed by atoms with Crippen molar-refractivity contribution < 1.29 is 9.13 Å². The van der Waals surface area contributed by atoms with E-state index < -0.39 is 17.4 Å². The number of nitrogens with zero attached hydrogens (tertiary/aromatic N) is 5. The quantitative estimate of drug-likeness (QED) is 0.395. The average Bonchev–Trinajstić information content (AvgIpc) is 3.45. The first-order valence-corrected chi connectivity index (χ1v) is 10.8. The number of methoxy groups -OCH3 is 1. The fourth-order valence-corrected chi connectivity index (χ4v) is 4.12. The lowest BCUT2D eigenvalue weighted by molar-refractivity contribution is 0.413. The molecule has 1 unspecified atom stereocenters. The third-order valence-electron chi connectivity index (χ3n) is 5.63. The van der Waals surface area contributed by atoms with E-state index in [0.29, 0.717) is 22.7 Å². The van der Waals surface area contributed by atoms with Crippen LogP contribution in [0.5, 0.6) is 5.75 Å². The van der Waals surface area contributed by atoms with E-state index in [-0.39, 0.29) is 10.5 Å². The van der Waals surface area contributed by atoms with Gasteiger partial charge in [-0.25, -0.2) is 19.0 Å². The fraction of sp³-hybridized carbons (Fsp3) is 0.167. The zero-order valence-electron chi connectivity index (χ0n) is 18.6. The number of fused-ring (bicyclic) bond motifs is 1. The van der Waals surface area contributed by atoms with Crippen molar-refractivity contribution in [1.82, 2.24) is 29.3 Å². The Morgan fingerprint density at radius 2 is 2.03 bits per heavy atom. The first-order chi connectivity index (χ1) is 16.3. The van der Waals surface area contributed by atoms with Crippen LogP contribution >= 0.6 is 11.6 Å². The van der Waals surface area contributed by atoms with E-state index >= 15 is 0 Å². The van der Waals surface area contributed by atoms with Gasteiger partial charge in [-0.2, -0.15) is 5.10 Å². The number of hydrogen-bond donors (Lipinski definition) is 1. The van der Waals surface area contributed by atoms with Crippen molar-refractivity contribution >= 4 is 22.6 Å². The van der Waals surface area contributed by atoms with E-state index in [4.69, 9.17) is 16.3 Å². The van der Waals surface area contributed by atoms with Gasteiger partial charge >= 0.3 is 0 Å². The van der Waals surface area contributed by atoms with Crippen LogP contribution in [0.3, 0.4) is 0 Å². The Morgan fingerprint density at radius 1 is 1.21 bits per heavy atom. The van der Waals surface area contributed by atoms with E-state index in [9.17, 15) is 9.18 Å². The lowest BCUT2D eigenvalue weighted by Crippen LogP contribution is -2.26. The van der Waals surface area contributed by atoms with Gasteiger partial charge in [0, 0.05) is 16.8 Å². The van der Waals surface area contributed by atoms with Crippen LogP contribution in [0.1, 0.15) is 24.2 Å². The Balaban J connectivity index is 1.55. The summed E-state index contributed by atoms with van der Waals surface area (Å²) in [6, 6.07) is 9.24. The highest BCUT2D eigenvalue weighted by atomic mass is 35.5. The topological polar surface area (TPSA) is 90.6 Å². The maximum atomic E-state index is 13.8. The number of nitrogens with one attached hydrogen (secondary N) is 1. The summed E-state index contributed by atoms with van der Waals surface area (Å²) in [5.41, 5.74) is 3.32. The largest absolute Gasteiger partial charge is 0.495 e. The van der Waals surface area contributed by atoms with Crippen molar-refractivity contribution in [2.45, 2.75) is 19.9 Å². The molecule has 0 saturated heterocycles. The molecule has 0 amide bonds. The number of H-pyrrole nitrogens is 1. The number of halogens is 2. The van der Waals surface area contributed by atoms with Crippen molar-refractivity contribution in [3.8, 4) is 22.8 Å². The molecule has 0 bridgehead atoms. The summed E-state index contributed by atoms with van der Waals surface area (Å²) in [5, 5.41) is 4.52. The number of benzene rings is 2. The van der Waals surface area contributed by atoms with Crippen LogP contribution in [-0.4, -0.2) is 36.4 Å². The van der Waals surface area contributed by atoms with Gasteiger partial charge in [0.25, 0.3) is 5.56 Å². The molecule has 0 saturated carbocycles. The average molecular weight is 479 g/mol. The number of aromatic nitrogens is 6. The highest BCUT2D eigenvalue weighted by Crippen LogP contribution is 2.29. The van der Waals surface area contributed by atoms with E-state index in [2.05, 4.69) is 20.1 Å². The van der Waals surface area contributed by atoms with Gasteiger partial charge in [-0.3, -0.25) is 4.79 Å². The molecule has 0 spiro atoms. The minimum absolute atomic E-state index is 0.229. The standard InChI is InChI=1S/C24H20ClFN6O2/c1-13-11-31(12-27-13)20-5-4-15(8-21(20)34-3)23-29-19-10-28-32(24(33)22(19)30-23)14(2)16-6-17(25)9-18(26)7-16/h4-12,14H,1-3H3,(H,29,30). The van der Waals surface area contributed by atoms with Crippen molar-refractivity contribution in [3.63, 3.8) is 0 Å². The molecule has 2 aromatic carbocycles. The second kappa shape index (κ2) is 8.42. The van der Waals surface area contributed by atoms with Crippen LogP contribution in [0.25, 0.3) is 28.1 Å². The molecule has 3 heterocycles. The molecule has 5 rings (SSSR count). The molecule has 0 radical (unpaired) electrons. The number of aromatic amines is 1. The number of hydrogen-bond acceptors (Lipinski definition) is 5. The van der Waals surface area contributed by atoms with E-state index in [0.717, 1.165) is 16.9 Å². The van der Waals surface area contributed by atoms with Gasteiger partial charge in [0.15, 0.2) is 5.52 Å². The maximum absolute atomic E-state index is 13.8. The summed E-state index contributed by atoms with van der Waals surface area (Å²) in [6.45, 7) is 3.66. The Bertz CT molecular complexity index is 1570. The summed E-state index contributed by atoms with van der Waals surface area (Å²) in [6.07, 6.45) is 5.15. The summed E-state index contributed by atoms with van der Waals surface area (Å²) >= 11 is 5.98. The van der Waals surface area contributed by atoms with Crippen LogP contribution in [0, 0.1) is 12.7 Å². The molecule has 0 aliphatic heterocycles. The monoisotopic (exact) mass is 478 g/mol. The molecule has 172 valence electrons. The molecule has 5 aromatic rings. The van der Waals surface area contributed by atoms with Crippen molar-refractivity contribution in [1.29, 1.82) is 0 Å². The van der Waals surface area contributed by atoms with Gasteiger partial charge in [-0.1, -0.05) is 11.6 Å². The third kappa shape index (κ3) is 3.84. The van der Waals surface area contributed by atoms with E-state index in [1.807, 2.05) is 35.9 Å². The minimum atomic E-state index is -0.539. The number of rotatable bonds is 5. The molecule has 8 nitrogen and oxygen atoms in total. The molecule has 0 aliphatic carbocycles. The molecule has 3 aromatic heterocycles. The molecular weight excluding hydrogens is 459 g/mol. The highest BCUT2D eigenvalue weighted by molar-refractivity contribution is 6.30. The molecule has 10 heteroatoms. The van der Waals surface area contributed by atoms with Gasteiger partial charge in [0.1, 0.15) is 17.4 Å². The van der Waals surface area contributed by atoms with Gasteiger partial charge in [0.05, 0.1) is 42.6 Å². The number of imidazole rings is 2. The SMILES string of the molecule is COc1cc(-c2nc3c(=O)n(C(C)c4cc(F)cc(Cl)c4)ncc3[nH]2)ccc1-n1cnc(C)c1. The smallest absolute Gasteiger partial charge is 0.295 e. The molecule has 0 aliphatic rings. The van der Waals surface area contributed by atoms with Gasteiger partial charge in [-0.05, 0) is 55.8 Å². The highest BCUT2D eigenvalue weighted by Gasteiger charge is 2.18. The first-order valence-electron chi connectivity index (χ1n) is 10.5. The van der Waals surface area contributed by atoms with Crippen LogP contribution < -0.4 is 10.3 Å². The molecule has 0 fully saturated rings. The lowest BCUT2D eigenvalue weighted by Gasteiger charge is -2.14. The van der Waals surface area contributed by atoms with Crippen LogP contribution in [0.2, 0.25) is 5.02 Å². The summed E-state index contributed by atoms with van der Waals surface area (Å²) < 4.78 is 22.5. The second-order valence-corrected chi connectivity index (χ2v) is 8.37. The second-order valence-electron chi connectivity index (χ2n) is 7.93. The van der Waals surface area contributed by atoms with Crippen LogP contribution in [0.15, 0.2) is 59.9 Å². The Labute approximate surface area is 198 Å². The Kier molecular flexibility index (Phi) is 5.41. The summed E-state index contributed by atoms with van der Waals surface area (Å²) in [5.74, 6) is 0.649. The number of ether oxygens (including phenoxy) is 1. The minimum Gasteiger partial charge on any atom is -0.495 e. The van der Waals surface area contributed by atoms with Gasteiger partial charge < -0.3 is 14.3 Å². The van der Waals surface area contributed by atoms with Crippen molar-refractivity contribution in [2.75, 3.05) is 7.11 Å². The van der Waals surface area contributed by atoms with Gasteiger partial charge in [0.2, 0.25) is 0 Å². The van der Waals surface area contributed by atoms with E-state index in [1.165, 1.54) is 23.0 Å². The molecular formula is C24H20ClFN6O2.